The van der Waals surface area contributed by atoms with Crippen LogP contribution in [0.1, 0.15) is 23.6 Å². The Labute approximate surface area is 178 Å². The van der Waals surface area contributed by atoms with Crippen molar-refractivity contribution in [3.8, 4) is 11.5 Å². The predicted octanol–water partition coefficient (Wildman–Crippen LogP) is 3.26. The van der Waals surface area contributed by atoms with Gasteiger partial charge in [-0.3, -0.25) is 9.69 Å². The highest BCUT2D eigenvalue weighted by Gasteiger charge is 2.11. The van der Waals surface area contributed by atoms with Gasteiger partial charge in [-0.15, -0.1) is 0 Å². The summed E-state index contributed by atoms with van der Waals surface area (Å²) in [6, 6.07) is 13.9. The van der Waals surface area contributed by atoms with Crippen molar-refractivity contribution in [2.24, 2.45) is 0 Å². The second-order valence-corrected chi connectivity index (χ2v) is 7.10. The lowest BCUT2D eigenvalue weighted by molar-refractivity contribution is -0.116. The van der Waals surface area contributed by atoms with Gasteiger partial charge in [0.15, 0.2) is 11.5 Å². The minimum Gasteiger partial charge on any atom is -0.493 e. The number of ether oxygens (including phenoxy) is 3. The van der Waals surface area contributed by atoms with Gasteiger partial charge in [0.25, 0.3) is 0 Å². The van der Waals surface area contributed by atoms with E-state index in [-0.39, 0.29) is 5.91 Å². The summed E-state index contributed by atoms with van der Waals surface area (Å²) in [4.78, 5) is 14.6. The summed E-state index contributed by atoms with van der Waals surface area (Å²) in [7, 11) is 1.60. The number of hydrogen-bond donors (Lipinski definition) is 1. The van der Waals surface area contributed by atoms with E-state index in [0.717, 1.165) is 44.0 Å². The van der Waals surface area contributed by atoms with Crippen molar-refractivity contribution < 1.29 is 19.0 Å². The van der Waals surface area contributed by atoms with Crippen LogP contribution in [-0.4, -0.2) is 50.8 Å². The van der Waals surface area contributed by atoms with Crippen LogP contribution in [0.3, 0.4) is 0 Å². The minimum absolute atomic E-state index is 0.138. The first-order chi connectivity index (χ1) is 14.7. The monoisotopic (exact) mass is 410 g/mol. The second-order valence-electron chi connectivity index (χ2n) is 7.10. The van der Waals surface area contributed by atoms with E-state index < -0.39 is 0 Å². The molecule has 0 radical (unpaired) electrons. The Hall–Kier alpha value is -2.83. The minimum atomic E-state index is -0.138. The molecule has 160 valence electrons. The molecule has 0 spiro atoms. The van der Waals surface area contributed by atoms with Crippen LogP contribution in [0.2, 0.25) is 0 Å². The average Bonchev–Trinajstić information content (AvgIpc) is 2.78. The number of rotatable bonds is 9. The van der Waals surface area contributed by atoms with E-state index in [1.807, 2.05) is 37.3 Å². The third kappa shape index (κ3) is 6.61. The molecule has 0 unspecified atom stereocenters. The molecular weight excluding hydrogens is 380 g/mol. The number of carbonyl (C=O) groups is 1. The lowest BCUT2D eigenvalue weighted by Gasteiger charge is -2.26. The van der Waals surface area contributed by atoms with Gasteiger partial charge in [0.2, 0.25) is 5.91 Å². The topological polar surface area (TPSA) is 60.0 Å². The maximum Gasteiger partial charge on any atom is 0.244 e. The zero-order chi connectivity index (χ0) is 21.2. The fourth-order valence-electron chi connectivity index (χ4n) is 3.34. The first kappa shape index (κ1) is 21.9. The molecule has 1 heterocycles. The van der Waals surface area contributed by atoms with Gasteiger partial charge in [-0.05, 0) is 41.8 Å². The standard InChI is InChI=1S/C24H30N2O4/c1-3-30-22-9-7-19(16-23(22)28-2)8-10-24(27)25-17-20-5-4-6-21(15-20)18-26-11-13-29-14-12-26/h4-10,15-16H,3,11-14,17-18H2,1-2H3,(H,25,27). The van der Waals surface area contributed by atoms with Gasteiger partial charge in [0.1, 0.15) is 0 Å². The number of methoxy groups -OCH3 is 1. The molecule has 0 aliphatic carbocycles. The highest BCUT2D eigenvalue weighted by molar-refractivity contribution is 5.91. The number of hydrogen-bond acceptors (Lipinski definition) is 5. The third-order valence-electron chi connectivity index (χ3n) is 4.88. The summed E-state index contributed by atoms with van der Waals surface area (Å²) in [6.45, 7) is 7.41. The number of nitrogens with one attached hydrogen (secondary N) is 1. The Morgan fingerprint density at radius 2 is 1.93 bits per heavy atom. The molecule has 0 aromatic heterocycles. The van der Waals surface area contributed by atoms with Crippen molar-refractivity contribution in [1.82, 2.24) is 10.2 Å². The van der Waals surface area contributed by atoms with Crippen molar-refractivity contribution in [1.29, 1.82) is 0 Å². The Kier molecular flexibility index (Phi) is 8.30. The zero-order valence-corrected chi connectivity index (χ0v) is 17.7. The van der Waals surface area contributed by atoms with Crippen LogP contribution in [-0.2, 0) is 22.6 Å². The Bertz CT molecular complexity index is 860. The predicted molar refractivity (Wildman–Crippen MR) is 118 cm³/mol. The number of amides is 1. The molecule has 1 aliphatic rings. The molecule has 1 fully saturated rings. The first-order valence-corrected chi connectivity index (χ1v) is 10.3. The highest BCUT2D eigenvalue weighted by atomic mass is 16.5. The lowest BCUT2D eigenvalue weighted by Crippen LogP contribution is -2.35. The van der Waals surface area contributed by atoms with E-state index in [1.54, 1.807) is 13.2 Å². The van der Waals surface area contributed by atoms with E-state index >= 15 is 0 Å². The summed E-state index contributed by atoms with van der Waals surface area (Å²) < 4.78 is 16.3. The van der Waals surface area contributed by atoms with Crippen molar-refractivity contribution >= 4 is 12.0 Å². The van der Waals surface area contributed by atoms with E-state index in [9.17, 15) is 4.79 Å². The molecule has 1 saturated heterocycles. The van der Waals surface area contributed by atoms with Crippen molar-refractivity contribution in [2.75, 3.05) is 40.0 Å². The van der Waals surface area contributed by atoms with Crippen LogP contribution >= 0.6 is 0 Å². The summed E-state index contributed by atoms with van der Waals surface area (Å²) in [5.41, 5.74) is 3.21. The Morgan fingerprint density at radius 3 is 2.70 bits per heavy atom. The Morgan fingerprint density at radius 1 is 1.13 bits per heavy atom. The van der Waals surface area contributed by atoms with Gasteiger partial charge in [-0.25, -0.2) is 0 Å². The quantitative estimate of drug-likeness (QED) is 0.643. The number of nitrogens with zero attached hydrogens (tertiary/aromatic N) is 1. The van der Waals surface area contributed by atoms with Crippen LogP contribution < -0.4 is 14.8 Å². The Balaban J connectivity index is 1.52. The average molecular weight is 411 g/mol. The van der Waals surface area contributed by atoms with Gasteiger partial charge in [-0.2, -0.15) is 0 Å². The summed E-state index contributed by atoms with van der Waals surface area (Å²) in [5, 5.41) is 2.95. The van der Waals surface area contributed by atoms with Gasteiger partial charge < -0.3 is 19.5 Å². The smallest absolute Gasteiger partial charge is 0.244 e. The zero-order valence-electron chi connectivity index (χ0n) is 17.7. The molecular formula is C24H30N2O4. The molecule has 1 amide bonds. The van der Waals surface area contributed by atoms with Gasteiger partial charge in [-0.1, -0.05) is 30.3 Å². The number of carbonyl (C=O) groups excluding carboxylic acids is 1. The van der Waals surface area contributed by atoms with Crippen molar-refractivity contribution in [3.05, 3.63) is 65.2 Å². The second kappa shape index (κ2) is 11.4. The van der Waals surface area contributed by atoms with Crippen molar-refractivity contribution in [2.45, 2.75) is 20.0 Å². The van der Waals surface area contributed by atoms with Crippen LogP contribution in [0.25, 0.3) is 6.08 Å². The fraction of sp³-hybridized carbons (Fsp3) is 0.375. The highest BCUT2D eigenvalue weighted by Crippen LogP contribution is 2.28. The molecule has 3 rings (SSSR count). The molecule has 6 nitrogen and oxygen atoms in total. The van der Waals surface area contributed by atoms with Crippen LogP contribution in [0.5, 0.6) is 11.5 Å². The molecule has 0 bridgehead atoms. The summed E-state index contributed by atoms with van der Waals surface area (Å²) >= 11 is 0. The van der Waals surface area contributed by atoms with Crippen molar-refractivity contribution in [3.63, 3.8) is 0 Å². The van der Waals surface area contributed by atoms with Gasteiger partial charge >= 0.3 is 0 Å². The fourth-order valence-corrected chi connectivity index (χ4v) is 3.34. The summed E-state index contributed by atoms with van der Waals surface area (Å²) in [5.74, 6) is 1.21. The third-order valence-corrected chi connectivity index (χ3v) is 4.88. The molecule has 0 atom stereocenters. The van der Waals surface area contributed by atoms with Crippen LogP contribution in [0.15, 0.2) is 48.5 Å². The van der Waals surface area contributed by atoms with E-state index in [2.05, 4.69) is 22.3 Å². The molecule has 1 N–H and O–H groups in total. The maximum absolute atomic E-state index is 12.2. The largest absolute Gasteiger partial charge is 0.493 e. The van der Waals surface area contributed by atoms with Gasteiger partial charge in [0, 0.05) is 32.3 Å². The molecule has 1 aliphatic heterocycles. The van der Waals surface area contributed by atoms with E-state index in [1.165, 1.54) is 11.6 Å². The molecule has 6 heteroatoms. The van der Waals surface area contributed by atoms with E-state index in [0.29, 0.717) is 24.7 Å². The lowest BCUT2D eigenvalue weighted by atomic mass is 10.1. The first-order valence-electron chi connectivity index (χ1n) is 10.3. The van der Waals surface area contributed by atoms with Crippen LogP contribution in [0, 0.1) is 0 Å². The number of benzene rings is 2. The van der Waals surface area contributed by atoms with E-state index in [4.69, 9.17) is 14.2 Å². The van der Waals surface area contributed by atoms with Crippen LogP contribution in [0.4, 0.5) is 0 Å². The normalized spacial score (nSPS) is 14.6. The molecule has 2 aromatic rings. The molecule has 30 heavy (non-hydrogen) atoms. The molecule has 2 aromatic carbocycles. The maximum atomic E-state index is 12.2. The molecule has 0 saturated carbocycles. The summed E-state index contributed by atoms with van der Waals surface area (Å²) in [6.07, 6.45) is 3.30. The number of morpholine rings is 1. The SMILES string of the molecule is CCOc1ccc(C=CC(=O)NCc2cccc(CN3CCOCC3)c2)cc1OC. The van der Waals surface area contributed by atoms with Gasteiger partial charge in [0.05, 0.1) is 26.9 Å².